The minimum absolute atomic E-state index is 0.134. The quantitative estimate of drug-likeness (QED) is 0.353. The van der Waals surface area contributed by atoms with Gasteiger partial charge < -0.3 is 34.1 Å². The van der Waals surface area contributed by atoms with Gasteiger partial charge in [-0.1, -0.05) is 6.07 Å². The molecule has 2 aromatic rings. The van der Waals surface area contributed by atoms with E-state index in [1.165, 1.54) is 4.90 Å². The van der Waals surface area contributed by atoms with E-state index < -0.39 is 12.0 Å². The highest BCUT2D eigenvalue weighted by molar-refractivity contribution is 7.11. The summed E-state index contributed by atoms with van der Waals surface area (Å²) in [5.41, 5.74) is 0.996. The van der Waals surface area contributed by atoms with Crippen LogP contribution in [0.4, 0.5) is 4.79 Å². The van der Waals surface area contributed by atoms with Crippen LogP contribution in [-0.4, -0.2) is 87.4 Å². The van der Waals surface area contributed by atoms with Crippen molar-refractivity contribution in [3.8, 4) is 11.5 Å². The smallest absolute Gasteiger partial charge is 0.325 e. The minimum Gasteiger partial charge on any atom is -0.493 e. The van der Waals surface area contributed by atoms with Gasteiger partial charge in [0.15, 0.2) is 11.5 Å². The van der Waals surface area contributed by atoms with E-state index in [2.05, 4.69) is 5.32 Å². The molecule has 39 heavy (non-hydrogen) atoms. The number of hydrogen-bond acceptors (Lipinski definition) is 8. The molecule has 214 valence electrons. The Balaban J connectivity index is 1.73. The summed E-state index contributed by atoms with van der Waals surface area (Å²) in [6.07, 6.45) is 2.17. The second-order valence-corrected chi connectivity index (χ2v) is 10.6. The molecule has 1 saturated heterocycles. The number of ether oxygens (including phenoxy) is 4. The summed E-state index contributed by atoms with van der Waals surface area (Å²) >= 11 is 1.64. The van der Waals surface area contributed by atoms with E-state index in [-0.39, 0.29) is 38.3 Å². The third-order valence-corrected chi connectivity index (χ3v) is 7.35. The number of nitrogens with one attached hydrogen (secondary N) is 1. The topological polar surface area (TPSA) is 107 Å². The first-order valence-corrected chi connectivity index (χ1v) is 14.0. The van der Waals surface area contributed by atoms with E-state index in [1.54, 1.807) is 37.4 Å². The van der Waals surface area contributed by atoms with Gasteiger partial charge in [-0.2, -0.15) is 0 Å². The van der Waals surface area contributed by atoms with Gasteiger partial charge in [-0.25, -0.2) is 4.79 Å². The Labute approximate surface area is 234 Å². The van der Waals surface area contributed by atoms with Crippen molar-refractivity contribution in [3.63, 3.8) is 0 Å². The van der Waals surface area contributed by atoms with Crippen molar-refractivity contribution in [2.75, 3.05) is 53.6 Å². The van der Waals surface area contributed by atoms with E-state index in [1.807, 2.05) is 37.3 Å². The monoisotopic (exact) mass is 561 g/mol. The van der Waals surface area contributed by atoms with Gasteiger partial charge in [0.1, 0.15) is 13.1 Å². The normalized spacial score (nSPS) is 14.5. The third-order valence-electron chi connectivity index (χ3n) is 6.36. The molecule has 2 heterocycles. The maximum Gasteiger partial charge on any atom is 0.325 e. The predicted octanol–water partition coefficient (Wildman–Crippen LogP) is 3.40. The van der Waals surface area contributed by atoms with Crippen LogP contribution in [-0.2, 0) is 32.0 Å². The number of nitrogens with zero attached hydrogens (tertiary/aromatic N) is 2. The SMILES string of the molecule is CCOC(=O)CNC(=O)N(CC(=O)N(CCc1ccc(OC)c(OC)c1)Cc1ccc(C)s1)CC1CCCO1. The van der Waals surface area contributed by atoms with Crippen LogP contribution in [0.5, 0.6) is 11.5 Å². The van der Waals surface area contributed by atoms with E-state index in [0.717, 1.165) is 28.2 Å². The molecule has 10 nitrogen and oxygen atoms in total. The van der Waals surface area contributed by atoms with E-state index in [0.29, 0.717) is 37.6 Å². The number of rotatable bonds is 14. The number of thiophene rings is 1. The van der Waals surface area contributed by atoms with Crippen LogP contribution >= 0.6 is 11.3 Å². The van der Waals surface area contributed by atoms with Gasteiger partial charge >= 0.3 is 12.0 Å². The molecule has 0 bridgehead atoms. The predicted molar refractivity (Wildman–Crippen MR) is 148 cm³/mol. The van der Waals surface area contributed by atoms with Crippen molar-refractivity contribution in [2.24, 2.45) is 0 Å². The molecule has 0 radical (unpaired) electrons. The largest absolute Gasteiger partial charge is 0.493 e. The van der Waals surface area contributed by atoms with Crippen LogP contribution in [0.3, 0.4) is 0 Å². The fourth-order valence-corrected chi connectivity index (χ4v) is 5.24. The molecule has 0 aliphatic carbocycles. The maximum atomic E-state index is 13.7. The molecule has 3 rings (SSSR count). The van der Waals surface area contributed by atoms with E-state index in [4.69, 9.17) is 18.9 Å². The van der Waals surface area contributed by atoms with Gasteiger partial charge in [0, 0.05) is 29.5 Å². The third kappa shape index (κ3) is 9.43. The summed E-state index contributed by atoms with van der Waals surface area (Å²) in [6, 6.07) is 9.25. The lowest BCUT2D eigenvalue weighted by atomic mass is 10.1. The maximum absolute atomic E-state index is 13.7. The standard InChI is InChI=1S/C28H39N3O7S/c1-5-37-27(33)16-29-28(34)31(17-22-7-6-14-38-22)19-26(32)30(18-23-10-8-20(2)39-23)13-12-21-9-11-24(35-3)25(15-21)36-4/h8-11,15,22H,5-7,12-14,16-19H2,1-4H3,(H,29,34). The zero-order valence-corrected chi connectivity index (χ0v) is 24.0. The van der Waals surface area contributed by atoms with Crippen LogP contribution in [0.25, 0.3) is 0 Å². The molecule has 3 amide bonds. The van der Waals surface area contributed by atoms with Gasteiger partial charge in [-0.15, -0.1) is 11.3 Å². The van der Waals surface area contributed by atoms with Gasteiger partial charge in [-0.3, -0.25) is 9.59 Å². The van der Waals surface area contributed by atoms with Crippen LogP contribution in [0.2, 0.25) is 0 Å². The highest BCUT2D eigenvalue weighted by atomic mass is 32.1. The Morgan fingerprint density at radius 2 is 1.90 bits per heavy atom. The molecule has 1 fully saturated rings. The lowest BCUT2D eigenvalue weighted by Gasteiger charge is -2.29. The molecular formula is C28H39N3O7S. The molecule has 1 aromatic heterocycles. The Hall–Kier alpha value is -3.31. The van der Waals surface area contributed by atoms with Gasteiger partial charge in [-0.05, 0) is 62.9 Å². The minimum atomic E-state index is -0.529. The van der Waals surface area contributed by atoms with Crippen molar-refractivity contribution in [1.82, 2.24) is 15.1 Å². The fraction of sp³-hybridized carbons (Fsp3) is 0.536. The number of aryl methyl sites for hydroxylation is 1. The molecule has 0 spiro atoms. The van der Waals surface area contributed by atoms with Crippen molar-refractivity contribution >= 4 is 29.2 Å². The Kier molecular flexibility index (Phi) is 11.9. The Morgan fingerprint density at radius 1 is 1.10 bits per heavy atom. The van der Waals surface area contributed by atoms with Gasteiger partial charge in [0.2, 0.25) is 5.91 Å². The second-order valence-electron chi connectivity index (χ2n) is 9.25. The highest BCUT2D eigenvalue weighted by Crippen LogP contribution is 2.28. The molecule has 1 atom stereocenters. The molecule has 1 aliphatic rings. The van der Waals surface area contributed by atoms with Crippen molar-refractivity contribution in [3.05, 3.63) is 45.6 Å². The summed E-state index contributed by atoms with van der Waals surface area (Å²) in [6.45, 7) is 5.34. The number of amides is 3. The fourth-order valence-electron chi connectivity index (χ4n) is 4.34. The van der Waals surface area contributed by atoms with E-state index in [9.17, 15) is 14.4 Å². The zero-order valence-electron chi connectivity index (χ0n) is 23.2. The summed E-state index contributed by atoms with van der Waals surface area (Å²) < 4.78 is 21.4. The molecule has 1 unspecified atom stereocenters. The van der Waals surface area contributed by atoms with Crippen molar-refractivity contribution in [1.29, 1.82) is 0 Å². The van der Waals surface area contributed by atoms with Crippen molar-refractivity contribution in [2.45, 2.75) is 45.8 Å². The number of methoxy groups -OCH3 is 2. The number of urea groups is 1. The van der Waals surface area contributed by atoms with Crippen LogP contribution in [0.15, 0.2) is 30.3 Å². The van der Waals surface area contributed by atoms with Gasteiger partial charge in [0.05, 0.1) is 33.5 Å². The first-order valence-electron chi connectivity index (χ1n) is 13.2. The Bertz CT molecular complexity index is 1100. The zero-order chi connectivity index (χ0) is 28.2. The molecule has 0 saturated carbocycles. The number of carbonyl (C=O) groups is 3. The highest BCUT2D eigenvalue weighted by Gasteiger charge is 2.27. The Morgan fingerprint density at radius 3 is 2.54 bits per heavy atom. The summed E-state index contributed by atoms with van der Waals surface area (Å²) in [4.78, 5) is 43.9. The number of esters is 1. The van der Waals surface area contributed by atoms with Crippen LogP contribution < -0.4 is 14.8 Å². The first-order chi connectivity index (χ1) is 18.8. The van der Waals surface area contributed by atoms with Crippen LogP contribution in [0, 0.1) is 6.92 Å². The summed E-state index contributed by atoms with van der Waals surface area (Å²) in [5, 5.41) is 2.58. The first kappa shape index (κ1) is 30.2. The van der Waals surface area contributed by atoms with Crippen molar-refractivity contribution < 1.29 is 33.3 Å². The molecule has 1 N–H and O–H groups in total. The number of carbonyl (C=O) groups excluding carboxylic acids is 3. The number of benzene rings is 1. The lowest BCUT2D eigenvalue weighted by molar-refractivity contribution is -0.141. The molecular weight excluding hydrogens is 522 g/mol. The average molecular weight is 562 g/mol. The molecule has 11 heteroatoms. The summed E-state index contributed by atoms with van der Waals surface area (Å²) in [7, 11) is 3.18. The molecule has 1 aromatic carbocycles. The second kappa shape index (κ2) is 15.3. The molecule has 1 aliphatic heterocycles. The lowest BCUT2D eigenvalue weighted by Crippen LogP contribution is -2.50. The van der Waals surface area contributed by atoms with Crippen LogP contribution in [0.1, 0.15) is 35.1 Å². The summed E-state index contributed by atoms with van der Waals surface area (Å²) in [5.74, 6) is 0.550. The average Bonchev–Trinajstić information content (AvgIpc) is 3.60. The number of hydrogen-bond donors (Lipinski definition) is 1. The van der Waals surface area contributed by atoms with Gasteiger partial charge in [0.25, 0.3) is 0 Å². The van der Waals surface area contributed by atoms with E-state index >= 15 is 0 Å².